The Morgan fingerprint density at radius 1 is 1.03 bits per heavy atom. The summed E-state index contributed by atoms with van der Waals surface area (Å²) < 4.78 is 21.6. The number of pyridine rings is 1. The Kier molecular flexibility index (Phi) is 4.72. The molecule has 170 valence electrons. The first-order chi connectivity index (χ1) is 16.5. The molecule has 0 radical (unpaired) electrons. The molecule has 6 nitrogen and oxygen atoms in total. The number of para-hydroxylation sites is 1. The highest BCUT2D eigenvalue weighted by molar-refractivity contribution is 6.00. The molecule has 0 N–H and O–H groups in total. The first-order valence-electron chi connectivity index (χ1n) is 11.3. The Labute approximate surface area is 195 Å². The molecule has 1 spiro atoms. The Morgan fingerprint density at radius 3 is 2.59 bits per heavy atom. The molecule has 4 aromatic rings. The average molecular weight is 455 g/mol. The van der Waals surface area contributed by atoms with E-state index in [0.717, 1.165) is 11.1 Å². The molecular weight excluding hydrogens is 433 g/mol. The normalized spacial score (nSPS) is 17.0. The summed E-state index contributed by atoms with van der Waals surface area (Å²) in [6.45, 7) is 1.00. The number of hydrogen-bond donors (Lipinski definition) is 0. The number of carbonyl (C=O) groups is 2. The van der Waals surface area contributed by atoms with Gasteiger partial charge in [-0.3, -0.25) is 9.59 Å². The van der Waals surface area contributed by atoms with E-state index in [1.807, 2.05) is 33.6 Å². The molecule has 1 fully saturated rings. The number of carbonyl (C=O) groups excluding carboxylic acids is 2. The first kappa shape index (κ1) is 20.6. The van der Waals surface area contributed by atoms with Gasteiger partial charge in [-0.2, -0.15) is 0 Å². The van der Waals surface area contributed by atoms with Crippen molar-refractivity contribution in [3.63, 3.8) is 0 Å². The first-order valence-corrected chi connectivity index (χ1v) is 11.3. The van der Waals surface area contributed by atoms with Crippen LogP contribution in [0.3, 0.4) is 0 Å². The van der Waals surface area contributed by atoms with Crippen LogP contribution in [0.25, 0.3) is 16.8 Å². The van der Waals surface area contributed by atoms with Crippen molar-refractivity contribution in [1.29, 1.82) is 0 Å². The number of amides is 1. The minimum Gasteiger partial charge on any atom is -0.486 e. The summed E-state index contributed by atoms with van der Waals surface area (Å²) in [5.74, 6) is 0.323. The van der Waals surface area contributed by atoms with E-state index in [9.17, 15) is 14.0 Å². The number of halogens is 1. The van der Waals surface area contributed by atoms with Crippen molar-refractivity contribution >= 4 is 17.3 Å². The highest BCUT2D eigenvalue weighted by atomic mass is 19.1. The highest BCUT2D eigenvalue weighted by Crippen LogP contribution is 2.39. The van der Waals surface area contributed by atoms with Gasteiger partial charge < -0.3 is 14.0 Å². The van der Waals surface area contributed by atoms with Gasteiger partial charge in [-0.05, 0) is 35.9 Å². The molecular formula is C27H22FN3O3. The maximum atomic E-state index is 13.5. The van der Waals surface area contributed by atoms with E-state index in [2.05, 4.69) is 4.98 Å². The lowest BCUT2D eigenvalue weighted by molar-refractivity contribution is -0.00571. The number of aromatic nitrogens is 2. The molecule has 2 aliphatic heterocycles. The van der Waals surface area contributed by atoms with E-state index in [1.54, 1.807) is 36.8 Å². The number of likely N-dealkylation sites (tertiary alicyclic amines) is 1. The van der Waals surface area contributed by atoms with Crippen molar-refractivity contribution in [3.05, 3.63) is 90.1 Å². The largest absolute Gasteiger partial charge is 0.486 e. The lowest BCUT2D eigenvalue weighted by Crippen LogP contribution is -2.52. The third-order valence-electron chi connectivity index (χ3n) is 6.85. The van der Waals surface area contributed by atoms with Crippen molar-refractivity contribution in [2.45, 2.75) is 24.9 Å². The van der Waals surface area contributed by atoms with Gasteiger partial charge >= 0.3 is 0 Å². The lowest BCUT2D eigenvalue weighted by Gasteiger charge is -2.44. The lowest BCUT2D eigenvalue weighted by atomic mass is 9.82. The third-order valence-corrected chi connectivity index (χ3v) is 6.85. The minimum absolute atomic E-state index is 0.0867. The van der Waals surface area contributed by atoms with Crippen LogP contribution in [0.2, 0.25) is 0 Å². The van der Waals surface area contributed by atoms with Crippen molar-refractivity contribution in [2.75, 3.05) is 13.1 Å². The van der Waals surface area contributed by atoms with Gasteiger partial charge in [-0.1, -0.05) is 24.3 Å². The summed E-state index contributed by atoms with van der Waals surface area (Å²) in [7, 11) is 0. The second-order valence-electron chi connectivity index (χ2n) is 8.98. The Hall–Kier alpha value is -4.00. The summed E-state index contributed by atoms with van der Waals surface area (Å²) in [6, 6.07) is 15.3. The smallest absolute Gasteiger partial charge is 0.255 e. The van der Waals surface area contributed by atoms with Gasteiger partial charge in [-0.15, -0.1) is 0 Å². The van der Waals surface area contributed by atoms with Crippen LogP contribution < -0.4 is 4.74 Å². The van der Waals surface area contributed by atoms with Gasteiger partial charge in [0.15, 0.2) is 5.78 Å². The third kappa shape index (κ3) is 3.44. The standard InChI is InChI=1S/C27H22FN3O3/c28-20-7-5-18(6-8-20)22-15-19(17-31-14-11-29-25(22)31)26(33)30-12-9-27(10-13-30)16-23(32)21-3-1-2-4-24(21)34-27/h1-8,11,14-15,17H,9-10,12-13,16H2. The fraction of sp³-hybridized carbons (Fsp3) is 0.222. The van der Waals surface area contributed by atoms with Gasteiger partial charge in [0.1, 0.15) is 22.8 Å². The van der Waals surface area contributed by atoms with Crippen LogP contribution in [0, 0.1) is 5.82 Å². The maximum Gasteiger partial charge on any atom is 0.255 e. The molecule has 34 heavy (non-hydrogen) atoms. The maximum absolute atomic E-state index is 13.5. The topological polar surface area (TPSA) is 63.9 Å². The zero-order valence-electron chi connectivity index (χ0n) is 18.4. The second-order valence-corrected chi connectivity index (χ2v) is 8.98. The number of rotatable bonds is 2. The van der Waals surface area contributed by atoms with Crippen LogP contribution in [-0.4, -0.2) is 44.7 Å². The highest BCUT2D eigenvalue weighted by Gasteiger charge is 2.43. The number of nitrogens with zero attached hydrogens (tertiary/aromatic N) is 3. The Morgan fingerprint density at radius 2 is 1.79 bits per heavy atom. The molecule has 4 heterocycles. The summed E-state index contributed by atoms with van der Waals surface area (Å²) >= 11 is 0. The number of imidazole rings is 1. The molecule has 0 aliphatic carbocycles. The quantitative estimate of drug-likeness (QED) is 0.436. The number of Topliss-reactive ketones (excluding diaryl/α,β-unsaturated/α-hetero) is 1. The van der Waals surface area contributed by atoms with Crippen LogP contribution in [0.15, 0.2) is 73.2 Å². The number of fused-ring (bicyclic) bond motifs is 2. The molecule has 1 amide bonds. The molecule has 6 rings (SSSR count). The van der Waals surface area contributed by atoms with Crippen LogP contribution in [0.5, 0.6) is 5.75 Å². The van der Waals surface area contributed by atoms with Crippen LogP contribution in [0.1, 0.15) is 40.0 Å². The zero-order valence-corrected chi connectivity index (χ0v) is 18.4. The number of benzene rings is 2. The van der Waals surface area contributed by atoms with Crippen LogP contribution in [-0.2, 0) is 0 Å². The minimum atomic E-state index is -0.560. The summed E-state index contributed by atoms with van der Waals surface area (Å²) in [5.41, 5.74) is 2.86. The molecule has 7 heteroatoms. The van der Waals surface area contributed by atoms with Gasteiger partial charge in [0.25, 0.3) is 5.91 Å². The zero-order chi connectivity index (χ0) is 23.3. The van der Waals surface area contributed by atoms with E-state index in [1.165, 1.54) is 12.1 Å². The predicted molar refractivity (Wildman–Crippen MR) is 124 cm³/mol. The van der Waals surface area contributed by atoms with E-state index in [4.69, 9.17) is 4.74 Å². The Balaban J connectivity index is 1.25. The molecule has 0 unspecified atom stereocenters. The van der Waals surface area contributed by atoms with Gasteiger partial charge in [-0.25, -0.2) is 9.37 Å². The van der Waals surface area contributed by atoms with Crippen molar-refractivity contribution in [3.8, 4) is 16.9 Å². The van der Waals surface area contributed by atoms with Crippen LogP contribution >= 0.6 is 0 Å². The van der Waals surface area contributed by atoms with Crippen LogP contribution in [0.4, 0.5) is 4.39 Å². The average Bonchev–Trinajstić information content (AvgIpc) is 3.33. The molecule has 0 bridgehead atoms. The fourth-order valence-electron chi connectivity index (χ4n) is 5.01. The fourth-order valence-corrected chi connectivity index (χ4v) is 5.01. The van der Waals surface area contributed by atoms with Gasteiger partial charge in [0.2, 0.25) is 0 Å². The molecule has 1 saturated heterocycles. The SMILES string of the molecule is O=C1CC2(CCN(C(=O)c3cc(-c4ccc(F)cc4)c4nccn4c3)CC2)Oc2ccccc21. The number of piperidine rings is 1. The molecule has 2 aromatic carbocycles. The van der Waals surface area contributed by atoms with E-state index in [0.29, 0.717) is 54.9 Å². The van der Waals surface area contributed by atoms with Crippen molar-refractivity contribution in [1.82, 2.24) is 14.3 Å². The van der Waals surface area contributed by atoms with E-state index < -0.39 is 5.60 Å². The van der Waals surface area contributed by atoms with Gasteiger partial charge in [0, 0.05) is 50.1 Å². The molecule has 0 atom stereocenters. The van der Waals surface area contributed by atoms with Crippen molar-refractivity contribution in [2.24, 2.45) is 0 Å². The van der Waals surface area contributed by atoms with E-state index in [-0.39, 0.29) is 17.5 Å². The Bertz CT molecular complexity index is 1420. The molecule has 2 aromatic heterocycles. The number of ketones is 1. The molecule has 0 saturated carbocycles. The summed E-state index contributed by atoms with van der Waals surface area (Å²) in [6.07, 6.45) is 6.77. The monoisotopic (exact) mass is 455 g/mol. The van der Waals surface area contributed by atoms with Crippen molar-refractivity contribution < 1.29 is 18.7 Å². The second kappa shape index (κ2) is 7.80. The summed E-state index contributed by atoms with van der Waals surface area (Å²) in [4.78, 5) is 32.4. The number of ether oxygens (including phenoxy) is 1. The van der Waals surface area contributed by atoms with E-state index >= 15 is 0 Å². The van der Waals surface area contributed by atoms with Gasteiger partial charge in [0.05, 0.1) is 17.5 Å². The molecule has 2 aliphatic rings. The predicted octanol–water partition coefficient (Wildman–Crippen LogP) is 4.78. The number of hydrogen-bond acceptors (Lipinski definition) is 4. The summed E-state index contributed by atoms with van der Waals surface area (Å²) in [5, 5.41) is 0.